The van der Waals surface area contributed by atoms with E-state index in [4.69, 9.17) is 0 Å². The normalized spacial score (nSPS) is 19.7. The van der Waals surface area contributed by atoms with Crippen molar-refractivity contribution in [1.82, 2.24) is 4.98 Å². The van der Waals surface area contributed by atoms with Gasteiger partial charge in [-0.1, -0.05) is 25.2 Å². The molecule has 1 aliphatic heterocycles. The highest BCUT2D eigenvalue weighted by molar-refractivity contribution is 7.17. The molecule has 0 spiro atoms. The minimum atomic E-state index is 0.131. The molecule has 0 aromatic carbocycles. The van der Waals surface area contributed by atoms with Gasteiger partial charge in [0.2, 0.25) is 0 Å². The number of Topliss-reactive ketones (excluding diaryl/α,β-unsaturated/α-hetero) is 1. The van der Waals surface area contributed by atoms with Crippen LogP contribution >= 0.6 is 11.3 Å². The number of anilines is 1. The van der Waals surface area contributed by atoms with Crippen LogP contribution in [-0.4, -0.2) is 23.9 Å². The molecule has 0 atom stereocenters. The Hall–Kier alpha value is -0.900. The summed E-state index contributed by atoms with van der Waals surface area (Å²) in [5.41, 5.74) is 1.32. The van der Waals surface area contributed by atoms with Crippen molar-refractivity contribution in [3.8, 4) is 0 Å². The lowest BCUT2D eigenvalue weighted by Crippen LogP contribution is -2.24. The Bertz CT molecular complexity index is 451. The number of rotatable bonds is 2. The smallest absolute Gasteiger partial charge is 0.186 e. The molecule has 18 heavy (non-hydrogen) atoms. The molecule has 100 valence electrons. The molecule has 0 amide bonds. The van der Waals surface area contributed by atoms with E-state index in [1.54, 1.807) is 18.3 Å². The lowest BCUT2D eigenvalue weighted by molar-refractivity contribution is 0.102. The van der Waals surface area contributed by atoms with Crippen molar-refractivity contribution in [1.29, 1.82) is 0 Å². The van der Waals surface area contributed by atoms with Crippen molar-refractivity contribution >= 4 is 22.3 Å². The molecule has 0 aliphatic carbocycles. The van der Waals surface area contributed by atoms with Gasteiger partial charge in [0.15, 0.2) is 10.9 Å². The van der Waals surface area contributed by atoms with Crippen molar-refractivity contribution in [3.63, 3.8) is 0 Å². The van der Waals surface area contributed by atoms with Crippen LogP contribution in [0.5, 0.6) is 0 Å². The van der Waals surface area contributed by atoms with Crippen molar-refractivity contribution in [2.24, 2.45) is 5.41 Å². The van der Waals surface area contributed by atoms with E-state index in [0.717, 1.165) is 28.8 Å². The van der Waals surface area contributed by atoms with Crippen LogP contribution in [-0.2, 0) is 0 Å². The van der Waals surface area contributed by atoms with Gasteiger partial charge in [-0.3, -0.25) is 4.79 Å². The van der Waals surface area contributed by atoms with Crippen LogP contribution in [0.25, 0.3) is 0 Å². The van der Waals surface area contributed by atoms with Crippen molar-refractivity contribution in [2.45, 2.75) is 47.0 Å². The predicted molar refractivity (Wildman–Crippen MR) is 76.7 cm³/mol. The number of aromatic nitrogens is 1. The van der Waals surface area contributed by atoms with E-state index >= 15 is 0 Å². The first-order valence-electron chi connectivity index (χ1n) is 6.62. The van der Waals surface area contributed by atoms with Gasteiger partial charge in [-0.15, -0.1) is 0 Å². The average molecular weight is 266 g/mol. The van der Waals surface area contributed by atoms with Gasteiger partial charge in [0.05, 0.1) is 10.6 Å². The van der Waals surface area contributed by atoms with Crippen LogP contribution in [0, 0.1) is 12.3 Å². The van der Waals surface area contributed by atoms with Crippen LogP contribution in [0.1, 0.15) is 55.4 Å². The summed E-state index contributed by atoms with van der Waals surface area (Å²) in [4.78, 5) is 19.2. The van der Waals surface area contributed by atoms with Crippen molar-refractivity contribution in [2.75, 3.05) is 18.0 Å². The van der Waals surface area contributed by atoms with Gasteiger partial charge in [-0.25, -0.2) is 4.98 Å². The Morgan fingerprint density at radius 3 is 2.67 bits per heavy atom. The van der Waals surface area contributed by atoms with E-state index in [1.807, 2.05) is 6.92 Å². The van der Waals surface area contributed by atoms with Gasteiger partial charge >= 0.3 is 0 Å². The third-order valence-corrected chi connectivity index (χ3v) is 5.03. The molecule has 0 N–H and O–H groups in total. The molecule has 0 unspecified atom stereocenters. The molecule has 2 heterocycles. The number of hydrogen-bond donors (Lipinski definition) is 0. The summed E-state index contributed by atoms with van der Waals surface area (Å²) in [6, 6.07) is 0. The zero-order chi connectivity index (χ0) is 13.3. The van der Waals surface area contributed by atoms with Crippen LogP contribution in [0.2, 0.25) is 0 Å². The standard InChI is InChI=1S/C14H22N2OS/c1-10-12(11(2)17)18-13(15-10)16-8-5-6-14(3,4)7-9-16/h5-9H2,1-4H3. The topological polar surface area (TPSA) is 33.2 Å². The van der Waals surface area contributed by atoms with Crippen LogP contribution < -0.4 is 4.90 Å². The maximum Gasteiger partial charge on any atom is 0.186 e. The lowest BCUT2D eigenvalue weighted by atomic mass is 9.85. The molecule has 0 saturated carbocycles. The fraction of sp³-hybridized carbons (Fsp3) is 0.714. The fourth-order valence-electron chi connectivity index (χ4n) is 2.46. The quantitative estimate of drug-likeness (QED) is 0.766. The Morgan fingerprint density at radius 2 is 2.06 bits per heavy atom. The Kier molecular flexibility index (Phi) is 3.76. The first-order valence-corrected chi connectivity index (χ1v) is 7.44. The van der Waals surface area contributed by atoms with E-state index in [1.165, 1.54) is 19.3 Å². The molecule has 1 fully saturated rings. The van der Waals surface area contributed by atoms with E-state index in [-0.39, 0.29) is 5.78 Å². The summed E-state index contributed by atoms with van der Waals surface area (Å²) in [6.45, 7) is 10.3. The minimum absolute atomic E-state index is 0.131. The monoisotopic (exact) mass is 266 g/mol. The zero-order valence-electron chi connectivity index (χ0n) is 11.7. The van der Waals surface area contributed by atoms with Crippen LogP contribution in [0.4, 0.5) is 5.13 Å². The molecular formula is C14H22N2OS. The average Bonchev–Trinajstić information content (AvgIpc) is 2.55. The van der Waals surface area contributed by atoms with Gasteiger partial charge < -0.3 is 4.90 Å². The molecule has 4 heteroatoms. The summed E-state index contributed by atoms with van der Waals surface area (Å²) < 4.78 is 0. The number of ketones is 1. The van der Waals surface area contributed by atoms with E-state index in [2.05, 4.69) is 23.7 Å². The van der Waals surface area contributed by atoms with E-state index in [0.29, 0.717) is 5.41 Å². The highest BCUT2D eigenvalue weighted by Crippen LogP contribution is 2.33. The van der Waals surface area contributed by atoms with Gasteiger partial charge in [0, 0.05) is 20.0 Å². The number of nitrogens with zero attached hydrogens (tertiary/aromatic N) is 2. The maximum absolute atomic E-state index is 11.5. The molecule has 1 saturated heterocycles. The lowest BCUT2D eigenvalue weighted by Gasteiger charge is -2.22. The summed E-state index contributed by atoms with van der Waals surface area (Å²) >= 11 is 1.55. The van der Waals surface area contributed by atoms with Crippen molar-refractivity contribution in [3.05, 3.63) is 10.6 Å². The third-order valence-electron chi connectivity index (χ3n) is 3.72. The van der Waals surface area contributed by atoms with Crippen LogP contribution in [0.3, 0.4) is 0 Å². The van der Waals surface area contributed by atoms with E-state index < -0.39 is 0 Å². The Labute approximate surface area is 113 Å². The summed E-state index contributed by atoms with van der Waals surface area (Å²) in [7, 11) is 0. The summed E-state index contributed by atoms with van der Waals surface area (Å²) in [5.74, 6) is 0.131. The van der Waals surface area contributed by atoms with Crippen LogP contribution in [0.15, 0.2) is 0 Å². The SMILES string of the molecule is CC(=O)c1sc(N2CCCC(C)(C)CC2)nc1C. The maximum atomic E-state index is 11.5. The van der Waals surface area contributed by atoms with Gasteiger partial charge in [-0.05, 0) is 31.6 Å². The second-order valence-electron chi connectivity index (χ2n) is 5.97. The summed E-state index contributed by atoms with van der Waals surface area (Å²) in [5, 5.41) is 1.02. The molecular weight excluding hydrogens is 244 g/mol. The Morgan fingerprint density at radius 1 is 1.33 bits per heavy atom. The van der Waals surface area contributed by atoms with Gasteiger partial charge in [0.25, 0.3) is 0 Å². The van der Waals surface area contributed by atoms with Gasteiger partial charge in [-0.2, -0.15) is 0 Å². The van der Waals surface area contributed by atoms with Crippen molar-refractivity contribution < 1.29 is 4.79 Å². The first-order chi connectivity index (χ1) is 8.39. The highest BCUT2D eigenvalue weighted by Gasteiger charge is 2.25. The minimum Gasteiger partial charge on any atom is -0.348 e. The summed E-state index contributed by atoms with van der Waals surface area (Å²) in [6.07, 6.45) is 3.68. The van der Waals surface area contributed by atoms with Gasteiger partial charge in [0.1, 0.15) is 0 Å². The number of thiazole rings is 1. The van der Waals surface area contributed by atoms with E-state index in [9.17, 15) is 4.79 Å². The fourth-order valence-corrected chi connectivity index (χ4v) is 3.47. The molecule has 1 aliphatic rings. The molecule has 3 nitrogen and oxygen atoms in total. The third kappa shape index (κ3) is 2.91. The Balaban J connectivity index is 2.17. The molecule has 0 bridgehead atoms. The highest BCUT2D eigenvalue weighted by atomic mass is 32.1. The number of hydrogen-bond acceptors (Lipinski definition) is 4. The second kappa shape index (κ2) is 5.00. The molecule has 2 rings (SSSR count). The molecule has 0 radical (unpaired) electrons. The zero-order valence-corrected chi connectivity index (χ0v) is 12.6. The first kappa shape index (κ1) is 13.5. The largest absolute Gasteiger partial charge is 0.348 e. The molecule has 1 aromatic rings. The number of carbonyl (C=O) groups is 1. The number of aryl methyl sites for hydroxylation is 1. The second-order valence-corrected chi connectivity index (χ2v) is 6.95. The molecule has 1 aromatic heterocycles. The number of carbonyl (C=O) groups excluding carboxylic acids is 1. The predicted octanol–water partition coefficient (Wildman–Crippen LogP) is 3.67.